The van der Waals surface area contributed by atoms with Crippen molar-refractivity contribution in [2.24, 2.45) is 5.41 Å². The average Bonchev–Trinajstić information content (AvgIpc) is 3.13. The molecule has 2 heterocycles. The zero-order valence-electron chi connectivity index (χ0n) is 16.8. The van der Waals surface area contributed by atoms with Crippen molar-refractivity contribution in [2.75, 3.05) is 6.54 Å². The molecule has 1 aliphatic heterocycles. The van der Waals surface area contributed by atoms with Gasteiger partial charge in [-0.25, -0.2) is 13.6 Å². The van der Waals surface area contributed by atoms with Crippen LogP contribution < -0.4 is 0 Å². The molecule has 0 saturated heterocycles. The first-order chi connectivity index (χ1) is 13.6. The maximum atomic E-state index is 13.6. The van der Waals surface area contributed by atoms with Crippen LogP contribution >= 0.6 is 0 Å². The van der Waals surface area contributed by atoms with Crippen LogP contribution in [0.3, 0.4) is 0 Å². The van der Waals surface area contributed by atoms with Gasteiger partial charge in [0.25, 0.3) is 0 Å². The largest absolute Gasteiger partial charge is 0.443 e. The Bertz CT molecular complexity index is 920. The van der Waals surface area contributed by atoms with Gasteiger partial charge in [-0.05, 0) is 44.4 Å². The van der Waals surface area contributed by atoms with E-state index in [1.165, 1.54) is 0 Å². The number of rotatable bonds is 2. The zero-order valence-corrected chi connectivity index (χ0v) is 16.8. The molecule has 1 N–H and O–H groups in total. The number of alkyl halides is 2. The molecule has 0 atom stereocenters. The van der Waals surface area contributed by atoms with Crippen molar-refractivity contribution in [3.05, 3.63) is 48.2 Å². The van der Waals surface area contributed by atoms with Crippen LogP contribution in [0.5, 0.6) is 0 Å². The molecule has 0 radical (unpaired) electrons. The molecule has 0 bridgehead atoms. The van der Waals surface area contributed by atoms with Gasteiger partial charge in [-0.3, -0.25) is 10.00 Å². The summed E-state index contributed by atoms with van der Waals surface area (Å²) >= 11 is 0. The monoisotopic (exact) mass is 401 g/mol. The van der Waals surface area contributed by atoms with Crippen LogP contribution in [0.1, 0.15) is 45.6 Å². The smallest absolute Gasteiger partial charge is 0.414 e. The molecular formula is C22H25F2N3O2. The van der Waals surface area contributed by atoms with Gasteiger partial charge in [-0.1, -0.05) is 30.3 Å². The summed E-state index contributed by atoms with van der Waals surface area (Å²) in [4.78, 5) is 14.4. The first-order valence-electron chi connectivity index (χ1n) is 9.77. The molecule has 1 aliphatic carbocycles. The van der Waals surface area contributed by atoms with E-state index in [2.05, 4.69) is 10.2 Å². The number of carbonyl (C=O) groups is 1. The Morgan fingerprint density at radius 2 is 1.79 bits per heavy atom. The van der Waals surface area contributed by atoms with E-state index in [-0.39, 0.29) is 12.8 Å². The van der Waals surface area contributed by atoms with Crippen molar-refractivity contribution in [3.8, 4) is 11.3 Å². The summed E-state index contributed by atoms with van der Waals surface area (Å²) in [6, 6.07) is 9.51. The zero-order chi connectivity index (χ0) is 20.9. The van der Waals surface area contributed by atoms with Gasteiger partial charge in [0.2, 0.25) is 5.92 Å². The van der Waals surface area contributed by atoms with Crippen LogP contribution in [0, 0.1) is 5.41 Å². The van der Waals surface area contributed by atoms with Crippen molar-refractivity contribution >= 4 is 11.8 Å². The maximum Gasteiger partial charge on any atom is 0.414 e. The number of hydrogen-bond acceptors (Lipinski definition) is 3. The Kier molecular flexibility index (Phi) is 4.52. The van der Waals surface area contributed by atoms with Gasteiger partial charge in [-0.2, -0.15) is 5.10 Å². The standard InChI is InChI=1S/C22H25F2N3O2/c1-20(2,3)29-19(28)27-11-9-21(13-22(23,24)14-21)12-18(27)16-6-4-15(5-7-16)17-8-10-25-26-17/h4-8,10,12H,9,11,13-14H2,1-3H3,(H,25,26). The summed E-state index contributed by atoms with van der Waals surface area (Å²) in [6.45, 7) is 5.79. The molecule has 0 unspecified atom stereocenters. The number of halogens is 2. The molecule has 1 saturated carbocycles. The van der Waals surface area contributed by atoms with Gasteiger partial charge in [0.05, 0.1) is 11.4 Å². The lowest BCUT2D eigenvalue weighted by Gasteiger charge is -2.49. The average molecular weight is 401 g/mol. The summed E-state index contributed by atoms with van der Waals surface area (Å²) in [6.07, 6.45) is 3.25. The normalized spacial score (nSPS) is 20.2. The van der Waals surface area contributed by atoms with Gasteiger partial charge >= 0.3 is 6.09 Å². The van der Waals surface area contributed by atoms with E-state index in [0.717, 1.165) is 16.8 Å². The molecule has 2 aliphatic rings. The second-order valence-electron chi connectivity index (χ2n) is 9.03. The van der Waals surface area contributed by atoms with Gasteiger partial charge in [0, 0.05) is 31.0 Å². The first-order valence-corrected chi connectivity index (χ1v) is 9.77. The number of allylic oxidation sites excluding steroid dienone is 1. The highest BCUT2D eigenvalue weighted by Gasteiger charge is 2.56. The number of hydrogen-bond donors (Lipinski definition) is 1. The van der Waals surface area contributed by atoms with Gasteiger partial charge in [-0.15, -0.1) is 0 Å². The molecule has 1 fully saturated rings. The van der Waals surface area contributed by atoms with E-state index in [4.69, 9.17) is 4.74 Å². The topological polar surface area (TPSA) is 58.2 Å². The maximum absolute atomic E-state index is 13.6. The third-order valence-corrected chi connectivity index (χ3v) is 5.39. The van der Waals surface area contributed by atoms with Gasteiger partial charge in [0.15, 0.2) is 0 Å². The Balaban J connectivity index is 1.67. The molecule has 4 rings (SSSR count). The van der Waals surface area contributed by atoms with Crippen LogP contribution in [0.4, 0.5) is 13.6 Å². The van der Waals surface area contributed by atoms with E-state index >= 15 is 0 Å². The summed E-state index contributed by atoms with van der Waals surface area (Å²) in [5.41, 5.74) is 2.08. The van der Waals surface area contributed by atoms with Crippen molar-refractivity contribution < 1.29 is 18.3 Å². The Hall–Kier alpha value is -2.70. The molecule has 2 aromatic rings. The lowest BCUT2D eigenvalue weighted by Crippen LogP contribution is -2.50. The highest BCUT2D eigenvalue weighted by atomic mass is 19.3. The fraction of sp³-hybridized carbons (Fsp3) is 0.455. The number of nitrogens with one attached hydrogen (secondary N) is 1. The minimum absolute atomic E-state index is 0.169. The lowest BCUT2D eigenvalue weighted by molar-refractivity contribution is -0.146. The van der Waals surface area contributed by atoms with Crippen molar-refractivity contribution in [1.82, 2.24) is 15.1 Å². The fourth-order valence-corrected chi connectivity index (χ4v) is 4.14. The summed E-state index contributed by atoms with van der Waals surface area (Å²) in [7, 11) is 0. The SMILES string of the molecule is CC(C)(C)OC(=O)N1CCC2(C=C1c1ccc(-c3ccn[nH]3)cc1)CC(F)(F)C2. The Morgan fingerprint density at radius 1 is 1.14 bits per heavy atom. The quantitative estimate of drug-likeness (QED) is 0.726. The fourth-order valence-electron chi connectivity index (χ4n) is 4.14. The molecule has 1 spiro atoms. The third kappa shape index (κ3) is 4.04. The number of amides is 1. The van der Waals surface area contributed by atoms with E-state index in [0.29, 0.717) is 18.7 Å². The predicted octanol–water partition coefficient (Wildman–Crippen LogP) is 5.47. The van der Waals surface area contributed by atoms with E-state index in [1.54, 1.807) is 11.1 Å². The summed E-state index contributed by atoms with van der Waals surface area (Å²) in [5.74, 6) is -2.62. The predicted molar refractivity (Wildman–Crippen MR) is 106 cm³/mol. The summed E-state index contributed by atoms with van der Waals surface area (Å²) in [5, 5.41) is 6.87. The van der Waals surface area contributed by atoms with Crippen LogP contribution in [0.2, 0.25) is 0 Å². The minimum Gasteiger partial charge on any atom is -0.443 e. The van der Waals surface area contributed by atoms with Crippen LogP contribution in [0.25, 0.3) is 17.0 Å². The molecule has 5 nitrogen and oxygen atoms in total. The third-order valence-electron chi connectivity index (χ3n) is 5.39. The van der Waals surface area contributed by atoms with E-state index in [1.807, 2.05) is 57.2 Å². The molecule has 1 amide bonds. The molecule has 1 aromatic heterocycles. The van der Waals surface area contributed by atoms with Crippen molar-refractivity contribution in [2.45, 2.75) is 51.6 Å². The van der Waals surface area contributed by atoms with Crippen LogP contribution in [-0.2, 0) is 4.74 Å². The highest BCUT2D eigenvalue weighted by Crippen LogP contribution is 2.57. The van der Waals surface area contributed by atoms with E-state index in [9.17, 15) is 13.6 Å². The molecule has 7 heteroatoms. The number of benzene rings is 1. The Labute approximate surface area is 168 Å². The second-order valence-corrected chi connectivity index (χ2v) is 9.03. The second kappa shape index (κ2) is 6.68. The molecular weight excluding hydrogens is 376 g/mol. The van der Waals surface area contributed by atoms with Gasteiger partial charge < -0.3 is 4.74 Å². The first kappa shape index (κ1) is 19.6. The van der Waals surface area contributed by atoms with E-state index < -0.39 is 23.0 Å². The molecule has 1 aromatic carbocycles. The number of ether oxygens (including phenoxy) is 1. The highest BCUT2D eigenvalue weighted by molar-refractivity contribution is 5.84. The number of carbonyl (C=O) groups excluding carboxylic acids is 1. The number of aromatic nitrogens is 2. The lowest BCUT2D eigenvalue weighted by atomic mass is 9.62. The number of H-pyrrole nitrogens is 1. The number of aromatic amines is 1. The van der Waals surface area contributed by atoms with Crippen molar-refractivity contribution in [3.63, 3.8) is 0 Å². The van der Waals surface area contributed by atoms with Crippen LogP contribution in [0.15, 0.2) is 42.6 Å². The van der Waals surface area contributed by atoms with Crippen LogP contribution in [-0.4, -0.2) is 39.3 Å². The molecule has 154 valence electrons. The molecule has 29 heavy (non-hydrogen) atoms. The van der Waals surface area contributed by atoms with Crippen molar-refractivity contribution in [1.29, 1.82) is 0 Å². The Morgan fingerprint density at radius 3 is 2.34 bits per heavy atom. The van der Waals surface area contributed by atoms with Gasteiger partial charge in [0.1, 0.15) is 5.60 Å². The minimum atomic E-state index is -2.62. The summed E-state index contributed by atoms with van der Waals surface area (Å²) < 4.78 is 32.8. The number of nitrogens with zero attached hydrogens (tertiary/aromatic N) is 2.